The van der Waals surface area contributed by atoms with E-state index in [1.54, 1.807) is 12.3 Å². The van der Waals surface area contributed by atoms with Crippen molar-refractivity contribution in [2.24, 2.45) is 0 Å². The Morgan fingerprint density at radius 3 is 2.89 bits per heavy atom. The van der Waals surface area contributed by atoms with Crippen molar-refractivity contribution in [1.29, 1.82) is 0 Å². The summed E-state index contributed by atoms with van der Waals surface area (Å²) >= 11 is 2.11. The minimum absolute atomic E-state index is 0.0958. The van der Waals surface area contributed by atoms with Gasteiger partial charge < -0.3 is 5.11 Å². The van der Waals surface area contributed by atoms with Crippen molar-refractivity contribution >= 4 is 22.6 Å². The second kappa shape index (κ2) is 3.12. The number of aliphatic hydroxyl groups excluding tert-OH is 1. The van der Waals surface area contributed by atoms with Gasteiger partial charge in [0.1, 0.15) is 3.70 Å². The fourth-order valence-electron chi connectivity index (χ4n) is 0.541. The molecule has 0 aliphatic rings. The Balaban J connectivity index is 2.94. The maximum absolute atomic E-state index is 8.63. The van der Waals surface area contributed by atoms with Crippen molar-refractivity contribution in [2.75, 3.05) is 0 Å². The molecule has 48 valence electrons. The molecule has 3 heteroatoms. The van der Waals surface area contributed by atoms with Crippen LogP contribution in [0.1, 0.15) is 5.56 Å². The standard InChI is InChI=1S/C6H6INO/c7-6-3-5(4-9)1-2-8-6/h1-3,9H,4H2. The summed E-state index contributed by atoms with van der Waals surface area (Å²) in [6.45, 7) is 0.0958. The molecule has 0 aromatic carbocycles. The molecule has 0 aliphatic carbocycles. The topological polar surface area (TPSA) is 33.1 Å². The van der Waals surface area contributed by atoms with Gasteiger partial charge in [-0.3, -0.25) is 4.98 Å². The van der Waals surface area contributed by atoms with Crippen molar-refractivity contribution in [3.05, 3.63) is 27.6 Å². The molecule has 0 fully saturated rings. The molecular weight excluding hydrogens is 229 g/mol. The maximum Gasteiger partial charge on any atom is 0.101 e. The van der Waals surface area contributed by atoms with Crippen molar-refractivity contribution in [3.63, 3.8) is 0 Å². The van der Waals surface area contributed by atoms with Crippen LogP contribution in [-0.4, -0.2) is 10.1 Å². The van der Waals surface area contributed by atoms with Gasteiger partial charge in [0.15, 0.2) is 0 Å². The summed E-state index contributed by atoms with van der Waals surface area (Å²) in [6.07, 6.45) is 1.69. The highest BCUT2D eigenvalue weighted by atomic mass is 127. The average molecular weight is 235 g/mol. The molecule has 9 heavy (non-hydrogen) atoms. The van der Waals surface area contributed by atoms with E-state index in [2.05, 4.69) is 27.6 Å². The zero-order chi connectivity index (χ0) is 6.69. The van der Waals surface area contributed by atoms with Gasteiger partial charge >= 0.3 is 0 Å². The normalized spacial score (nSPS) is 9.56. The van der Waals surface area contributed by atoms with Gasteiger partial charge in [-0.1, -0.05) is 0 Å². The summed E-state index contributed by atoms with van der Waals surface area (Å²) in [5, 5.41) is 8.63. The number of rotatable bonds is 1. The van der Waals surface area contributed by atoms with Gasteiger partial charge in [-0.2, -0.15) is 0 Å². The van der Waals surface area contributed by atoms with Crippen molar-refractivity contribution in [1.82, 2.24) is 4.98 Å². The lowest BCUT2D eigenvalue weighted by atomic mass is 10.3. The van der Waals surface area contributed by atoms with E-state index in [9.17, 15) is 0 Å². The van der Waals surface area contributed by atoms with Gasteiger partial charge in [0.2, 0.25) is 0 Å². The molecule has 2 nitrogen and oxygen atoms in total. The summed E-state index contributed by atoms with van der Waals surface area (Å²) in [6, 6.07) is 3.64. The first-order valence-corrected chi connectivity index (χ1v) is 3.62. The van der Waals surface area contributed by atoms with E-state index >= 15 is 0 Å². The predicted octanol–water partition coefficient (Wildman–Crippen LogP) is 1.18. The van der Waals surface area contributed by atoms with Crippen LogP contribution in [0, 0.1) is 3.70 Å². The lowest BCUT2D eigenvalue weighted by Gasteiger charge is -1.92. The first-order chi connectivity index (χ1) is 4.33. The monoisotopic (exact) mass is 235 g/mol. The number of pyridine rings is 1. The summed E-state index contributed by atoms with van der Waals surface area (Å²) in [5.74, 6) is 0. The number of aliphatic hydroxyl groups is 1. The minimum atomic E-state index is 0.0958. The highest BCUT2D eigenvalue weighted by Gasteiger charge is 1.89. The summed E-state index contributed by atoms with van der Waals surface area (Å²) in [7, 11) is 0. The highest BCUT2D eigenvalue weighted by Crippen LogP contribution is 2.03. The summed E-state index contributed by atoms with van der Waals surface area (Å²) in [5.41, 5.74) is 0.911. The second-order valence-electron chi connectivity index (χ2n) is 1.64. The van der Waals surface area contributed by atoms with E-state index in [4.69, 9.17) is 5.11 Å². The van der Waals surface area contributed by atoms with Crippen LogP contribution in [0.25, 0.3) is 0 Å². The molecule has 1 rings (SSSR count). The van der Waals surface area contributed by atoms with Crippen molar-refractivity contribution in [2.45, 2.75) is 6.61 Å². The maximum atomic E-state index is 8.63. The molecular formula is C6H6INO. The first kappa shape index (κ1) is 6.95. The lowest BCUT2D eigenvalue weighted by molar-refractivity contribution is 0.281. The van der Waals surface area contributed by atoms with E-state index < -0.39 is 0 Å². The number of halogens is 1. The van der Waals surface area contributed by atoms with Gasteiger partial charge in [-0.25, -0.2) is 0 Å². The molecule has 1 heterocycles. The van der Waals surface area contributed by atoms with Gasteiger partial charge in [0.25, 0.3) is 0 Å². The van der Waals surface area contributed by atoms with Gasteiger partial charge in [0, 0.05) is 6.20 Å². The van der Waals surface area contributed by atoms with Crippen LogP contribution in [-0.2, 0) is 6.61 Å². The first-order valence-electron chi connectivity index (χ1n) is 2.54. The third-order valence-corrected chi connectivity index (χ3v) is 1.56. The fraction of sp³-hybridized carbons (Fsp3) is 0.167. The molecule has 1 aromatic rings. The minimum Gasteiger partial charge on any atom is -0.392 e. The van der Waals surface area contributed by atoms with Crippen LogP contribution < -0.4 is 0 Å². The van der Waals surface area contributed by atoms with Crippen LogP contribution in [0.5, 0.6) is 0 Å². The molecule has 0 spiro atoms. The Morgan fingerprint density at radius 1 is 1.67 bits per heavy atom. The molecule has 0 saturated heterocycles. The van der Waals surface area contributed by atoms with Crippen LogP contribution >= 0.6 is 22.6 Å². The number of aromatic nitrogens is 1. The van der Waals surface area contributed by atoms with E-state index in [0.29, 0.717) is 0 Å². The van der Waals surface area contributed by atoms with Crippen molar-refractivity contribution in [3.8, 4) is 0 Å². The number of nitrogens with zero attached hydrogens (tertiary/aromatic N) is 1. The Bertz CT molecular complexity index is 202. The van der Waals surface area contributed by atoms with Crippen LogP contribution in [0.4, 0.5) is 0 Å². The SMILES string of the molecule is OCc1ccnc(I)c1. The van der Waals surface area contributed by atoms with E-state index in [1.807, 2.05) is 6.07 Å². The fourth-order valence-corrected chi connectivity index (χ4v) is 1.10. The third-order valence-electron chi connectivity index (χ3n) is 0.974. The molecule has 0 aliphatic heterocycles. The molecule has 0 radical (unpaired) electrons. The van der Waals surface area contributed by atoms with E-state index in [0.717, 1.165) is 9.26 Å². The molecule has 0 bridgehead atoms. The quantitative estimate of drug-likeness (QED) is 0.585. The summed E-state index contributed by atoms with van der Waals surface area (Å²) in [4.78, 5) is 3.96. The number of hydrogen-bond acceptors (Lipinski definition) is 2. The van der Waals surface area contributed by atoms with Crippen molar-refractivity contribution < 1.29 is 5.11 Å². The largest absolute Gasteiger partial charge is 0.392 e. The molecule has 0 saturated carbocycles. The van der Waals surface area contributed by atoms with Gasteiger partial charge in [-0.05, 0) is 40.3 Å². The van der Waals surface area contributed by atoms with Crippen LogP contribution in [0.2, 0.25) is 0 Å². The Morgan fingerprint density at radius 2 is 2.44 bits per heavy atom. The molecule has 0 atom stereocenters. The Kier molecular flexibility index (Phi) is 2.41. The molecule has 1 aromatic heterocycles. The van der Waals surface area contributed by atoms with E-state index in [-0.39, 0.29) is 6.61 Å². The predicted molar refractivity (Wildman–Crippen MR) is 42.9 cm³/mol. The van der Waals surface area contributed by atoms with Gasteiger partial charge in [-0.15, -0.1) is 0 Å². The zero-order valence-electron chi connectivity index (χ0n) is 4.71. The van der Waals surface area contributed by atoms with E-state index in [1.165, 1.54) is 0 Å². The average Bonchev–Trinajstić information content (AvgIpc) is 1.88. The Hall–Kier alpha value is -0.160. The van der Waals surface area contributed by atoms with Crippen LogP contribution in [0.3, 0.4) is 0 Å². The second-order valence-corrected chi connectivity index (χ2v) is 2.75. The number of hydrogen-bond donors (Lipinski definition) is 1. The highest BCUT2D eigenvalue weighted by molar-refractivity contribution is 14.1. The third kappa shape index (κ3) is 1.91. The molecule has 0 unspecified atom stereocenters. The Labute approximate surface area is 67.1 Å². The molecule has 0 amide bonds. The smallest absolute Gasteiger partial charge is 0.101 e. The van der Waals surface area contributed by atoms with Crippen LogP contribution in [0.15, 0.2) is 18.3 Å². The van der Waals surface area contributed by atoms with Gasteiger partial charge in [0.05, 0.1) is 6.61 Å². The summed E-state index contributed by atoms with van der Waals surface area (Å²) < 4.78 is 0.916. The zero-order valence-corrected chi connectivity index (χ0v) is 6.87. The lowest BCUT2D eigenvalue weighted by Crippen LogP contribution is -1.85. The molecule has 1 N–H and O–H groups in total.